The summed E-state index contributed by atoms with van der Waals surface area (Å²) in [4.78, 5) is 14.2. The number of phenols is 1. The Morgan fingerprint density at radius 3 is 2.56 bits per heavy atom. The Balaban J connectivity index is 1.99. The molecular weight excluding hydrogens is 341 g/mol. The van der Waals surface area contributed by atoms with Crippen molar-refractivity contribution in [3.05, 3.63) is 58.1 Å². The van der Waals surface area contributed by atoms with Crippen LogP contribution in [0.2, 0.25) is 0 Å². The lowest BCUT2D eigenvalue weighted by atomic mass is 10.1. The van der Waals surface area contributed by atoms with Gasteiger partial charge in [0.25, 0.3) is 0 Å². The van der Waals surface area contributed by atoms with Crippen molar-refractivity contribution in [2.45, 2.75) is 6.18 Å². The molecule has 0 atom stereocenters. The van der Waals surface area contributed by atoms with Gasteiger partial charge in [0.15, 0.2) is 17.4 Å². The van der Waals surface area contributed by atoms with Crippen LogP contribution in [0.3, 0.4) is 0 Å². The number of hydrogen-bond donors (Lipinski definition) is 2. The van der Waals surface area contributed by atoms with E-state index in [0.717, 1.165) is 24.3 Å². The molecule has 0 aliphatic rings. The minimum Gasteiger partial charge on any atom is -0.502 e. The Labute approximate surface area is 137 Å². The largest absolute Gasteiger partial charge is 0.502 e. The van der Waals surface area contributed by atoms with Crippen LogP contribution in [0.4, 0.5) is 18.9 Å². The van der Waals surface area contributed by atoms with Gasteiger partial charge in [0, 0.05) is 17.2 Å². The molecule has 7 nitrogen and oxygen atoms in total. The van der Waals surface area contributed by atoms with E-state index in [0.29, 0.717) is 0 Å². The second-order valence-electron chi connectivity index (χ2n) is 5.05. The van der Waals surface area contributed by atoms with Gasteiger partial charge < -0.3 is 5.11 Å². The number of alkyl halides is 3. The maximum atomic E-state index is 12.8. The molecule has 0 saturated carbocycles. The molecule has 128 valence electrons. The molecule has 2 aromatic carbocycles. The van der Waals surface area contributed by atoms with Crippen LogP contribution in [0.5, 0.6) is 5.75 Å². The predicted octanol–water partition coefficient (Wildman–Crippen LogP) is 3.77. The number of phenolic OH excluding ortho intramolecular Hbond substituents is 1. The Hall–Kier alpha value is -3.43. The molecule has 10 heteroatoms. The molecule has 0 aliphatic heterocycles. The van der Waals surface area contributed by atoms with Crippen LogP contribution in [0.1, 0.15) is 5.56 Å². The van der Waals surface area contributed by atoms with Crippen LogP contribution in [0, 0.1) is 10.1 Å². The Kier molecular flexibility index (Phi) is 3.87. The van der Waals surface area contributed by atoms with Gasteiger partial charge in [-0.05, 0) is 24.3 Å². The van der Waals surface area contributed by atoms with Crippen LogP contribution in [0.15, 0.2) is 42.5 Å². The van der Waals surface area contributed by atoms with E-state index in [2.05, 4.69) is 15.2 Å². The topological polar surface area (TPSA) is 105 Å². The molecule has 0 aliphatic carbocycles. The molecule has 2 N–H and O–H groups in total. The highest BCUT2D eigenvalue weighted by molar-refractivity contribution is 5.66. The average Bonchev–Trinajstić information content (AvgIpc) is 3.04. The number of nitro benzene ring substituents is 1. The van der Waals surface area contributed by atoms with Gasteiger partial charge in [-0.2, -0.15) is 18.3 Å². The summed E-state index contributed by atoms with van der Waals surface area (Å²) in [6, 6.07) is 8.08. The van der Waals surface area contributed by atoms with Crippen LogP contribution in [-0.2, 0) is 6.18 Å². The molecule has 1 aromatic heterocycles. The predicted molar refractivity (Wildman–Crippen MR) is 80.6 cm³/mol. The van der Waals surface area contributed by atoms with Gasteiger partial charge in [-0.1, -0.05) is 12.1 Å². The first-order valence-corrected chi connectivity index (χ1v) is 6.83. The molecule has 0 radical (unpaired) electrons. The summed E-state index contributed by atoms with van der Waals surface area (Å²) in [5.74, 6) is -0.376. The van der Waals surface area contributed by atoms with E-state index in [1.165, 1.54) is 18.2 Å². The van der Waals surface area contributed by atoms with Gasteiger partial charge in [0.1, 0.15) is 0 Å². The van der Waals surface area contributed by atoms with Gasteiger partial charge in [0.2, 0.25) is 0 Å². The van der Waals surface area contributed by atoms with Crippen molar-refractivity contribution in [3.63, 3.8) is 0 Å². The molecule has 3 rings (SSSR count). The Bertz CT molecular complexity index is 953. The van der Waals surface area contributed by atoms with Crippen molar-refractivity contribution in [1.82, 2.24) is 15.2 Å². The molecule has 0 fully saturated rings. The Morgan fingerprint density at radius 1 is 1.12 bits per heavy atom. The minimum absolute atomic E-state index is 0.0110. The summed E-state index contributed by atoms with van der Waals surface area (Å²) in [5, 5.41) is 26.7. The highest BCUT2D eigenvalue weighted by Crippen LogP contribution is 2.33. The summed E-state index contributed by atoms with van der Waals surface area (Å²) in [7, 11) is 0. The lowest BCUT2D eigenvalue weighted by molar-refractivity contribution is -0.385. The van der Waals surface area contributed by atoms with E-state index >= 15 is 0 Å². The van der Waals surface area contributed by atoms with Crippen molar-refractivity contribution in [3.8, 4) is 28.5 Å². The number of benzene rings is 2. The third-order valence-corrected chi connectivity index (χ3v) is 3.38. The monoisotopic (exact) mass is 350 g/mol. The van der Waals surface area contributed by atoms with Crippen LogP contribution >= 0.6 is 0 Å². The number of rotatable bonds is 3. The smallest absolute Gasteiger partial charge is 0.416 e. The molecule has 3 aromatic rings. The maximum Gasteiger partial charge on any atom is 0.416 e. The summed E-state index contributed by atoms with van der Waals surface area (Å²) in [5.41, 5.74) is -0.952. The molecule has 0 spiro atoms. The molecular formula is C15H9F3N4O3. The number of nitrogens with zero attached hydrogens (tertiary/aromatic N) is 3. The number of halogens is 3. The molecule has 0 amide bonds. The minimum atomic E-state index is -4.49. The van der Waals surface area contributed by atoms with Gasteiger partial charge in [-0.25, -0.2) is 4.98 Å². The van der Waals surface area contributed by atoms with Crippen molar-refractivity contribution < 1.29 is 23.2 Å². The molecule has 1 heterocycles. The summed E-state index contributed by atoms with van der Waals surface area (Å²) >= 11 is 0. The fourth-order valence-corrected chi connectivity index (χ4v) is 2.17. The van der Waals surface area contributed by atoms with Crippen molar-refractivity contribution >= 4 is 5.69 Å². The fourth-order valence-electron chi connectivity index (χ4n) is 2.17. The third-order valence-electron chi connectivity index (χ3n) is 3.38. The van der Waals surface area contributed by atoms with E-state index in [-0.39, 0.29) is 22.8 Å². The normalized spacial score (nSPS) is 11.5. The maximum absolute atomic E-state index is 12.8. The van der Waals surface area contributed by atoms with Crippen molar-refractivity contribution in [2.75, 3.05) is 0 Å². The van der Waals surface area contributed by atoms with Crippen molar-refractivity contribution in [2.24, 2.45) is 0 Å². The zero-order chi connectivity index (χ0) is 18.2. The summed E-state index contributed by atoms with van der Waals surface area (Å²) < 4.78 is 38.3. The number of aromatic nitrogens is 3. The zero-order valence-electron chi connectivity index (χ0n) is 12.3. The van der Waals surface area contributed by atoms with Crippen LogP contribution in [-0.4, -0.2) is 25.2 Å². The zero-order valence-corrected chi connectivity index (χ0v) is 12.3. The number of hydrogen-bond acceptors (Lipinski definition) is 5. The van der Waals surface area contributed by atoms with Crippen molar-refractivity contribution in [1.29, 1.82) is 0 Å². The molecule has 0 bridgehead atoms. The average molecular weight is 350 g/mol. The van der Waals surface area contributed by atoms with E-state index in [1.54, 1.807) is 0 Å². The highest BCUT2D eigenvalue weighted by Gasteiger charge is 2.30. The molecule has 0 unspecified atom stereocenters. The van der Waals surface area contributed by atoms with Crippen LogP contribution < -0.4 is 0 Å². The first-order valence-electron chi connectivity index (χ1n) is 6.83. The number of nitro groups is 1. The summed E-state index contributed by atoms with van der Waals surface area (Å²) in [6.45, 7) is 0. The number of nitrogens with one attached hydrogen (secondary N) is 1. The first kappa shape index (κ1) is 16.4. The van der Waals surface area contributed by atoms with Gasteiger partial charge >= 0.3 is 11.9 Å². The lowest BCUT2D eigenvalue weighted by Gasteiger charge is -2.06. The number of aromatic hydroxyl groups is 1. The van der Waals surface area contributed by atoms with E-state index < -0.39 is 28.1 Å². The molecule has 0 saturated heterocycles. The SMILES string of the molecule is O=[N+]([O-])c1cc(-c2nc(-c3cccc(C(F)(F)F)c3)n[nH]2)ccc1O. The molecule has 25 heavy (non-hydrogen) atoms. The lowest BCUT2D eigenvalue weighted by Crippen LogP contribution is -2.04. The van der Waals surface area contributed by atoms with E-state index in [9.17, 15) is 28.4 Å². The second-order valence-corrected chi connectivity index (χ2v) is 5.05. The van der Waals surface area contributed by atoms with Gasteiger partial charge in [-0.3, -0.25) is 15.2 Å². The second kappa shape index (κ2) is 5.89. The van der Waals surface area contributed by atoms with E-state index in [4.69, 9.17) is 0 Å². The van der Waals surface area contributed by atoms with Gasteiger partial charge in [-0.15, -0.1) is 0 Å². The number of H-pyrrole nitrogens is 1. The Morgan fingerprint density at radius 2 is 1.88 bits per heavy atom. The highest BCUT2D eigenvalue weighted by atomic mass is 19.4. The van der Waals surface area contributed by atoms with E-state index in [1.807, 2.05) is 0 Å². The summed E-state index contributed by atoms with van der Waals surface area (Å²) in [6.07, 6.45) is -4.49. The van der Waals surface area contributed by atoms with Gasteiger partial charge in [0.05, 0.1) is 10.5 Å². The standard InChI is InChI=1S/C15H9F3N4O3/c16-15(17,18)10-3-1-2-8(6-10)13-19-14(21-20-13)9-4-5-12(23)11(7-9)22(24)25/h1-7,23H,(H,19,20,21). The first-order chi connectivity index (χ1) is 11.8. The van der Waals surface area contributed by atoms with Crippen LogP contribution in [0.25, 0.3) is 22.8 Å². The number of aromatic amines is 1. The third kappa shape index (κ3) is 3.27. The quantitative estimate of drug-likeness (QED) is 0.552. The fraction of sp³-hybridized carbons (Fsp3) is 0.0667.